The molecule has 0 radical (unpaired) electrons. The molecule has 0 rings (SSSR count). The molecule has 0 aromatic rings. The number of esters is 2. The highest BCUT2D eigenvalue weighted by molar-refractivity contribution is 5.70. The van der Waals surface area contributed by atoms with Gasteiger partial charge in [-0.05, 0) is 103 Å². The number of hydrogen-bond donors (Lipinski definition) is 0. The van der Waals surface area contributed by atoms with Gasteiger partial charge in [0.1, 0.15) is 13.2 Å². The number of hydrogen-bond acceptors (Lipinski definition) is 8. The highest BCUT2D eigenvalue weighted by atomic mass is 16.7. The van der Waals surface area contributed by atoms with Crippen LogP contribution in [0.5, 0.6) is 0 Å². The fourth-order valence-corrected chi connectivity index (χ4v) is 9.12. The maximum Gasteiger partial charge on any atom is 0.306 e. The van der Waals surface area contributed by atoms with E-state index in [0.717, 1.165) is 103 Å². The van der Waals surface area contributed by atoms with Crippen molar-refractivity contribution in [2.24, 2.45) is 0 Å². The molecule has 0 aromatic heterocycles. The molecule has 0 aliphatic rings. The predicted molar refractivity (Wildman–Crippen MR) is 352 cm³/mol. The zero-order valence-electron chi connectivity index (χ0n) is 54.0. The van der Waals surface area contributed by atoms with Gasteiger partial charge in [-0.25, -0.2) is 0 Å². The summed E-state index contributed by atoms with van der Waals surface area (Å²) in [6, 6.07) is 0. The number of allylic oxidation sites excluding steroid dienone is 20. The number of unbranched alkanes of at least 4 members (excludes halogenated alkanes) is 26. The number of carbonyl (C=O) groups excluding carboxylic acids is 3. The van der Waals surface area contributed by atoms with Crippen molar-refractivity contribution in [1.29, 1.82) is 0 Å². The van der Waals surface area contributed by atoms with E-state index in [-0.39, 0.29) is 38.6 Å². The summed E-state index contributed by atoms with van der Waals surface area (Å²) in [5.74, 6) is -2.29. The van der Waals surface area contributed by atoms with Gasteiger partial charge in [0.2, 0.25) is 0 Å². The highest BCUT2D eigenvalue weighted by Gasteiger charge is 2.22. The van der Waals surface area contributed by atoms with Crippen molar-refractivity contribution in [3.63, 3.8) is 0 Å². The minimum atomic E-state index is -1.63. The molecular formula is C74H125NO8. The Kier molecular flexibility index (Phi) is 60.4. The van der Waals surface area contributed by atoms with E-state index in [1.807, 2.05) is 21.1 Å². The lowest BCUT2D eigenvalue weighted by Gasteiger charge is -2.26. The van der Waals surface area contributed by atoms with Crippen LogP contribution in [0, 0.1) is 0 Å². The number of nitrogens with zero attached hydrogens (tertiary/aromatic N) is 1. The average molecular weight is 1160 g/mol. The molecule has 9 nitrogen and oxygen atoms in total. The molecule has 9 heteroatoms. The van der Waals surface area contributed by atoms with Crippen LogP contribution in [0.15, 0.2) is 122 Å². The highest BCUT2D eigenvalue weighted by Crippen LogP contribution is 2.17. The van der Waals surface area contributed by atoms with Crippen molar-refractivity contribution in [2.45, 2.75) is 283 Å². The Morgan fingerprint density at radius 3 is 0.964 bits per heavy atom. The Bertz CT molecular complexity index is 1780. The number of quaternary nitrogens is 1. The maximum atomic E-state index is 12.9. The Morgan fingerprint density at radius 1 is 0.361 bits per heavy atom. The zero-order valence-corrected chi connectivity index (χ0v) is 54.0. The summed E-state index contributed by atoms with van der Waals surface area (Å²) >= 11 is 0. The number of aliphatic carboxylic acids is 1. The first-order valence-electron chi connectivity index (χ1n) is 33.7. The SMILES string of the molecule is CC/C=C\C/C=C\C/C=C\C/C=C\C/C=C\C/C=C\CCCCCCCCCCCCCCC(=O)OC(COC(=O)CCCCCCCCCCCCCCCC/C=C\C/C=C\C/C=C\C/C=C\CC)COC(OCC[N+](C)(C)C)C(=O)[O-]. The molecule has 0 amide bonds. The lowest BCUT2D eigenvalue weighted by Crippen LogP contribution is -2.44. The van der Waals surface area contributed by atoms with Crippen LogP contribution < -0.4 is 5.11 Å². The van der Waals surface area contributed by atoms with Crippen LogP contribution in [0.4, 0.5) is 0 Å². The van der Waals surface area contributed by atoms with Gasteiger partial charge in [0, 0.05) is 12.8 Å². The largest absolute Gasteiger partial charge is 0.545 e. The Labute approximate surface area is 510 Å². The average Bonchev–Trinajstić information content (AvgIpc) is 3.46. The molecule has 0 heterocycles. The van der Waals surface area contributed by atoms with Gasteiger partial charge in [-0.1, -0.05) is 277 Å². The van der Waals surface area contributed by atoms with E-state index >= 15 is 0 Å². The molecule has 0 saturated carbocycles. The molecule has 0 saturated heterocycles. The van der Waals surface area contributed by atoms with E-state index < -0.39 is 24.3 Å². The number of likely N-dealkylation sites (N-methyl/N-ethyl adjacent to an activating group) is 1. The van der Waals surface area contributed by atoms with Gasteiger partial charge in [-0.3, -0.25) is 9.59 Å². The van der Waals surface area contributed by atoms with Gasteiger partial charge in [0.05, 0.1) is 40.3 Å². The third-order valence-electron chi connectivity index (χ3n) is 14.2. The molecule has 0 aliphatic carbocycles. The molecule has 0 fully saturated rings. The van der Waals surface area contributed by atoms with Crippen molar-refractivity contribution >= 4 is 17.9 Å². The summed E-state index contributed by atoms with van der Waals surface area (Å²) in [5.41, 5.74) is 0. The number of ether oxygens (including phenoxy) is 4. The second-order valence-electron chi connectivity index (χ2n) is 23.3. The Morgan fingerprint density at radius 2 is 0.651 bits per heavy atom. The van der Waals surface area contributed by atoms with Crippen molar-refractivity contribution in [3.05, 3.63) is 122 Å². The summed E-state index contributed by atoms with van der Waals surface area (Å²) in [7, 11) is 5.93. The van der Waals surface area contributed by atoms with Crippen molar-refractivity contribution in [2.75, 3.05) is 47.5 Å². The molecule has 83 heavy (non-hydrogen) atoms. The van der Waals surface area contributed by atoms with Crippen LogP contribution in [-0.4, -0.2) is 82.3 Å². The molecule has 0 aliphatic heterocycles. The number of carbonyl (C=O) groups is 3. The minimum Gasteiger partial charge on any atom is -0.545 e. The molecule has 474 valence electrons. The van der Waals surface area contributed by atoms with Gasteiger partial charge < -0.3 is 33.3 Å². The molecule has 0 aromatic carbocycles. The van der Waals surface area contributed by atoms with E-state index in [4.69, 9.17) is 18.9 Å². The van der Waals surface area contributed by atoms with E-state index in [1.54, 1.807) is 0 Å². The maximum absolute atomic E-state index is 12.9. The van der Waals surface area contributed by atoms with E-state index in [9.17, 15) is 19.5 Å². The van der Waals surface area contributed by atoms with Crippen molar-refractivity contribution in [3.8, 4) is 0 Å². The Balaban J connectivity index is 4.16. The van der Waals surface area contributed by atoms with E-state index in [1.165, 1.54) is 135 Å². The van der Waals surface area contributed by atoms with Crippen molar-refractivity contribution < 1.29 is 42.9 Å². The molecule has 2 unspecified atom stereocenters. The van der Waals surface area contributed by atoms with Crippen LogP contribution >= 0.6 is 0 Å². The first-order valence-corrected chi connectivity index (χ1v) is 33.7. The van der Waals surface area contributed by atoms with Gasteiger partial charge in [0.15, 0.2) is 12.4 Å². The summed E-state index contributed by atoms with van der Waals surface area (Å²) in [5, 5.41) is 11.8. The first kappa shape index (κ1) is 78.7. The fourth-order valence-electron chi connectivity index (χ4n) is 9.12. The van der Waals surface area contributed by atoms with Crippen LogP contribution in [0.2, 0.25) is 0 Å². The molecular weight excluding hydrogens is 1030 g/mol. The topological polar surface area (TPSA) is 111 Å². The molecule has 0 spiro atoms. The van der Waals surface area contributed by atoms with Gasteiger partial charge in [-0.2, -0.15) is 0 Å². The quantitative estimate of drug-likeness (QED) is 0.0195. The molecule has 0 bridgehead atoms. The van der Waals surface area contributed by atoms with Crippen LogP contribution in [0.3, 0.4) is 0 Å². The van der Waals surface area contributed by atoms with Crippen LogP contribution in [0.25, 0.3) is 0 Å². The lowest BCUT2D eigenvalue weighted by molar-refractivity contribution is -0.870. The second-order valence-corrected chi connectivity index (χ2v) is 23.3. The zero-order chi connectivity index (χ0) is 60.5. The number of carboxylic acids is 1. The standard InChI is InChI=1S/C74H125NO8/c1-6-8-10-12-14-16-18-20-22-24-26-28-30-32-34-35-36-37-39-41-43-45-47-49-51-53-55-57-59-61-63-65-72(77)83-70(69-82-74(73(78)79)80-67-66-75(3,4)5)68-81-71(76)64-62-60-58-56-54-52-50-48-46-44-42-40-38-33-31-29-27-25-23-21-19-17-15-13-11-9-7-2/h8-11,14-17,20-23,26-29,32,34,36-37,70,74H,6-7,12-13,18-19,24-25,30-31,33,35,38-69H2,1-5H3/b10-8-,11-9-,16-14-,17-15-,22-20-,23-21-,28-26-,29-27-,34-32-,37-36-. The fraction of sp³-hybridized carbons (Fsp3) is 0.689. The van der Waals surface area contributed by atoms with Gasteiger partial charge in [-0.15, -0.1) is 0 Å². The minimum absolute atomic E-state index is 0.143. The summed E-state index contributed by atoms with van der Waals surface area (Å²) in [6.45, 7) is 4.53. The van der Waals surface area contributed by atoms with Crippen LogP contribution in [0.1, 0.15) is 271 Å². The third-order valence-corrected chi connectivity index (χ3v) is 14.2. The third kappa shape index (κ3) is 65.1. The second kappa shape index (κ2) is 63.7. The Hall–Kier alpha value is -4.31. The lowest BCUT2D eigenvalue weighted by atomic mass is 10.0. The van der Waals surface area contributed by atoms with E-state index in [2.05, 4.69) is 135 Å². The number of carboxylic acid groups (broad SMARTS) is 1. The van der Waals surface area contributed by atoms with Gasteiger partial charge in [0.25, 0.3) is 0 Å². The summed E-state index contributed by atoms with van der Waals surface area (Å²) in [6.07, 6.45) is 86.9. The predicted octanol–water partition coefficient (Wildman–Crippen LogP) is 19.5. The first-order chi connectivity index (χ1) is 40.6. The van der Waals surface area contributed by atoms with Crippen LogP contribution in [-0.2, 0) is 33.3 Å². The molecule has 0 N–H and O–H groups in total. The summed E-state index contributed by atoms with van der Waals surface area (Å²) in [4.78, 5) is 37.5. The van der Waals surface area contributed by atoms with Crippen molar-refractivity contribution in [1.82, 2.24) is 0 Å². The smallest absolute Gasteiger partial charge is 0.306 e. The van der Waals surface area contributed by atoms with E-state index in [0.29, 0.717) is 17.4 Å². The van der Waals surface area contributed by atoms with Gasteiger partial charge >= 0.3 is 11.9 Å². The monoisotopic (exact) mass is 1160 g/mol. The summed E-state index contributed by atoms with van der Waals surface area (Å²) < 4.78 is 22.8. The normalized spacial score (nSPS) is 13.5. The molecule has 2 atom stereocenters. The number of rotatable bonds is 61.